The van der Waals surface area contributed by atoms with Gasteiger partial charge in [-0.1, -0.05) is 39.3 Å². The predicted octanol–water partition coefficient (Wildman–Crippen LogP) is 3.08. The summed E-state index contributed by atoms with van der Waals surface area (Å²) in [5, 5.41) is 23.6. The third kappa shape index (κ3) is 8.05. The zero-order chi connectivity index (χ0) is 21.8. The molecule has 1 unspecified atom stereocenters. The van der Waals surface area contributed by atoms with Crippen LogP contribution in [-0.4, -0.2) is 35.6 Å². The number of nitrogens with one attached hydrogen (secondary N) is 2. The first-order valence-corrected chi connectivity index (χ1v) is 9.46. The quantitative estimate of drug-likeness (QED) is 0.225. The van der Waals surface area contributed by atoms with E-state index in [0.717, 1.165) is 19.0 Å². The van der Waals surface area contributed by atoms with E-state index in [1.54, 1.807) is 30.3 Å². The fraction of sp³-hybridized carbons (Fsp3) is 0.429. The van der Waals surface area contributed by atoms with Crippen LogP contribution in [0.1, 0.15) is 50.4 Å². The van der Waals surface area contributed by atoms with E-state index in [0.29, 0.717) is 12.3 Å². The number of ether oxygens (including phenoxy) is 1. The van der Waals surface area contributed by atoms with Crippen LogP contribution in [-0.2, 0) is 14.3 Å². The molecule has 29 heavy (non-hydrogen) atoms. The normalized spacial score (nSPS) is 12.0. The summed E-state index contributed by atoms with van der Waals surface area (Å²) in [6.07, 6.45) is 3.02. The lowest BCUT2D eigenvalue weighted by Gasteiger charge is -2.16. The summed E-state index contributed by atoms with van der Waals surface area (Å²) in [5.41, 5.74) is 0.321. The number of carboxylic acids is 1. The number of esters is 1. The molecule has 0 heterocycles. The Kier molecular flexibility index (Phi) is 9.96. The van der Waals surface area contributed by atoms with Crippen LogP contribution in [0.4, 0.5) is 5.69 Å². The number of nitriles is 1. The molecule has 0 saturated carbocycles. The molecular formula is C21H27N3O5. The number of carbonyl (C=O) groups is 3. The summed E-state index contributed by atoms with van der Waals surface area (Å²) in [7, 11) is 0. The first-order valence-electron chi connectivity index (χ1n) is 9.46. The van der Waals surface area contributed by atoms with Crippen LogP contribution in [0.5, 0.6) is 0 Å². The fourth-order valence-electron chi connectivity index (χ4n) is 2.40. The van der Waals surface area contributed by atoms with Gasteiger partial charge in [-0.05, 0) is 30.9 Å². The van der Waals surface area contributed by atoms with Gasteiger partial charge in [-0.3, -0.25) is 4.79 Å². The van der Waals surface area contributed by atoms with Crippen molar-refractivity contribution in [1.29, 1.82) is 5.26 Å². The number of benzene rings is 1. The monoisotopic (exact) mass is 401 g/mol. The second-order valence-corrected chi connectivity index (χ2v) is 6.84. The maximum atomic E-state index is 12.3. The molecule has 3 N–H and O–H groups in total. The standard InChI is InChI=1S/C21H27N3O5/c1-4-5-10-29-21(28)16-8-6-7-9-17(16)23-13-15(12-22)19(25)24-18(20(26)27)11-14(2)3/h6-9,13-14,18,23H,4-5,10-11H2,1-3H3,(H,24,25)(H,26,27)/b15-13-. The molecule has 0 radical (unpaired) electrons. The third-order valence-corrected chi connectivity index (χ3v) is 3.93. The van der Waals surface area contributed by atoms with Gasteiger partial charge in [-0.15, -0.1) is 0 Å². The highest BCUT2D eigenvalue weighted by Gasteiger charge is 2.23. The summed E-state index contributed by atoms with van der Waals surface area (Å²) < 4.78 is 5.20. The minimum atomic E-state index is -1.17. The van der Waals surface area contributed by atoms with E-state index < -0.39 is 23.9 Å². The molecule has 1 amide bonds. The molecule has 0 aliphatic heterocycles. The van der Waals surface area contributed by atoms with Crippen molar-refractivity contribution >= 4 is 23.5 Å². The second-order valence-electron chi connectivity index (χ2n) is 6.84. The molecule has 8 heteroatoms. The van der Waals surface area contributed by atoms with Crippen molar-refractivity contribution in [2.24, 2.45) is 5.92 Å². The van der Waals surface area contributed by atoms with Crippen molar-refractivity contribution in [3.63, 3.8) is 0 Å². The average Bonchev–Trinajstić information content (AvgIpc) is 2.68. The molecular weight excluding hydrogens is 374 g/mol. The zero-order valence-electron chi connectivity index (χ0n) is 16.9. The van der Waals surface area contributed by atoms with Crippen LogP contribution in [0.2, 0.25) is 0 Å². The number of anilines is 1. The largest absolute Gasteiger partial charge is 0.480 e. The molecule has 0 aliphatic rings. The van der Waals surface area contributed by atoms with Crippen LogP contribution in [0.3, 0.4) is 0 Å². The highest BCUT2D eigenvalue weighted by atomic mass is 16.5. The molecule has 0 aromatic heterocycles. The van der Waals surface area contributed by atoms with Crippen LogP contribution >= 0.6 is 0 Å². The first kappa shape index (κ1) is 23.7. The molecule has 1 atom stereocenters. The second kappa shape index (κ2) is 12.2. The zero-order valence-corrected chi connectivity index (χ0v) is 16.9. The number of hydrogen-bond acceptors (Lipinski definition) is 6. The third-order valence-electron chi connectivity index (χ3n) is 3.93. The van der Waals surface area contributed by atoms with Crippen molar-refractivity contribution in [2.45, 2.75) is 46.1 Å². The highest BCUT2D eigenvalue weighted by Crippen LogP contribution is 2.17. The van der Waals surface area contributed by atoms with Gasteiger partial charge in [-0.25, -0.2) is 9.59 Å². The van der Waals surface area contributed by atoms with Crippen LogP contribution in [0.15, 0.2) is 36.0 Å². The summed E-state index contributed by atoms with van der Waals surface area (Å²) in [4.78, 5) is 35.8. The topological polar surface area (TPSA) is 129 Å². The van der Waals surface area contributed by atoms with Gasteiger partial charge in [0.1, 0.15) is 17.7 Å². The fourth-order valence-corrected chi connectivity index (χ4v) is 2.40. The van der Waals surface area contributed by atoms with Crippen LogP contribution in [0.25, 0.3) is 0 Å². The summed E-state index contributed by atoms with van der Waals surface area (Å²) in [6, 6.07) is 7.18. The number of rotatable bonds is 11. The van der Waals surface area contributed by atoms with Crippen molar-refractivity contribution in [3.8, 4) is 6.07 Å². The van der Waals surface area contributed by atoms with Gasteiger partial charge in [0.2, 0.25) is 0 Å². The lowest BCUT2D eigenvalue weighted by Crippen LogP contribution is -2.42. The van der Waals surface area contributed by atoms with E-state index in [4.69, 9.17) is 4.74 Å². The minimum absolute atomic E-state index is 0.0506. The molecule has 0 fully saturated rings. The summed E-state index contributed by atoms with van der Waals surface area (Å²) in [5.74, 6) is -2.44. The maximum Gasteiger partial charge on any atom is 0.340 e. The van der Waals surface area contributed by atoms with E-state index in [1.807, 2.05) is 20.8 Å². The van der Waals surface area contributed by atoms with E-state index in [-0.39, 0.29) is 23.5 Å². The molecule has 1 aromatic rings. The number of carbonyl (C=O) groups excluding carboxylic acids is 2. The Labute approximate surface area is 170 Å². The molecule has 0 saturated heterocycles. The Morgan fingerprint density at radius 2 is 1.97 bits per heavy atom. The number of carboxylic acid groups (broad SMARTS) is 1. The molecule has 156 valence electrons. The van der Waals surface area contributed by atoms with Crippen LogP contribution < -0.4 is 10.6 Å². The van der Waals surface area contributed by atoms with E-state index in [1.165, 1.54) is 0 Å². The summed E-state index contributed by atoms with van der Waals surface area (Å²) >= 11 is 0. The van der Waals surface area contributed by atoms with Gasteiger partial charge >= 0.3 is 11.9 Å². The lowest BCUT2D eigenvalue weighted by atomic mass is 10.0. The Hall–Kier alpha value is -3.34. The van der Waals surface area contributed by atoms with Gasteiger partial charge in [-0.2, -0.15) is 5.26 Å². The average molecular weight is 401 g/mol. The Bertz CT molecular complexity index is 796. The van der Waals surface area contributed by atoms with Crippen molar-refractivity contribution in [1.82, 2.24) is 5.32 Å². The molecule has 0 spiro atoms. The van der Waals surface area contributed by atoms with Gasteiger partial charge in [0.15, 0.2) is 0 Å². The summed E-state index contributed by atoms with van der Waals surface area (Å²) in [6.45, 7) is 5.96. The smallest absolute Gasteiger partial charge is 0.340 e. The predicted molar refractivity (Wildman–Crippen MR) is 108 cm³/mol. The van der Waals surface area contributed by atoms with Gasteiger partial charge < -0.3 is 20.5 Å². The Morgan fingerprint density at radius 1 is 1.28 bits per heavy atom. The van der Waals surface area contributed by atoms with Gasteiger partial charge in [0, 0.05) is 6.20 Å². The molecule has 1 rings (SSSR count). The van der Waals surface area contributed by atoms with E-state index >= 15 is 0 Å². The van der Waals surface area contributed by atoms with Crippen molar-refractivity contribution in [2.75, 3.05) is 11.9 Å². The highest BCUT2D eigenvalue weighted by molar-refractivity contribution is 6.00. The number of amides is 1. The van der Waals surface area contributed by atoms with Crippen LogP contribution in [0, 0.1) is 17.2 Å². The number of aliphatic carboxylic acids is 1. The minimum Gasteiger partial charge on any atom is -0.480 e. The van der Waals surface area contributed by atoms with E-state index in [2.05, 4.69) is 10.6 Å². The van der Waals surface area contributed by atoms with Gasteiger partial charge in [0.05, 0.1) is 17.9 Å². The Balaban J connectivity index is 2.91. The molecule has 1 aromatic carbocycles. The number of para-hydroxylation sites is 1. The van der Waals surface area contributed by atoms with Gasteiger partial charge in [0.25, 0.3) is 5.91 Å². The van der Waals surface area contributed by atoms with Crippen molar-refractivity contribution in [3.05, 3.63) is 41.6 Å². The molecule has 0 bridgehead atoms. The van der Waals surface area contributed by atoms with E-state index in [9.17, 15) is 24.8 Å². The maximum absolute atomic E-state index is 12.3. The lowest BCUT2D eigenvalue weighted by molar-refractivity contribution is -0.141. The van der Waals surface area contributed by atoms with Crippen molar-refractivity contribution < 1.29 is 24.2 Å². The molecule has 8 nitrogen and oxygen atoms in total. The SMILES string of the molecule is CCCCOC(=O)c1ccccc1N/C=C(/C#N)C(=O)NC(CC(C)C)C(=O)O. The Morgan fingerprint density at radius 3 is 2.55 bits per heavy atom. The molecule has 0 aliphatic carbocycles. The number of nitrogens with zero attached hydrogens (tertiary/aromatic N) is 1. The number of hydrogen-bond donors (Lipinski definition) is 3. The first-order chi connectivity index (χ1) is 13.8. The number of unbranched alkanes of at least 4 members (excludes halogenated alkanes) is 1.